The van der Waals surface area contributed by atoms with Crippen LogP contribution in [0.4, 0.5) is 5.69 Å². The number of hydrogen-bond acceptors (Lipinski definition) is 2. The third-order valence-corrected chi connectivity index (χ3v) is 3.78. The predicted molar refractivity (Wildman–Crippen MR) is 85.7 cm³/mol. The second-order valence-electron chi connectivity index (χ2n) is 5.10. The molecule has 0 aliphatic carbocycles. The molecule has 0 atom stereocenters. The molecule has 2 N–H and O–H groups in total. The quantitative estimate of drug-likeness (QED) is 0.639. The Labute approximate surface area is 121 Å². The highest BCUT2D eigenvalue weighted by Crippen LogP contribution is 2.12. The van der Waals surface area contributed by atoms with Crippen LogP contribution in [0.3, 0.4) is 0 Å². The van der Waals surface area contributed by atoms with Gasteiger partial charge in [-0.05, 0) is 69.7 Å². The van der Waals surface area contributed by atoms with Gasteiger partial charge in [0, 0.05) is 12.2 Å². The lowest BCUT2D eigenvalue weighted by atomic mass is 10.2. The number of para-hydroxylation sites is 1. The second-order valence-corrected chi connectivity index (χ2v) is 5.51. The van der Waals surface area contributed by atoms with Crippen molar-refractivity contribution in [2.24, 2.45) is 0 Å². The number of aryl methyl sites for hydroxylation is 1. The van der Waals surface area contributed by atoms with E-state index in [-0.39, 0.29) is 0 Å². The van der Waals surface area contributed by atoms with Crippen molar-refractivity contribution >= 4 is 23.0 Å². The fraction of sp³-hybridized carbons (Fsp3) is 0.533. The largest absolute Gasteiger partial charge is 0.362 e. The number of anilines is 1. The van der Waals surface area contributed by atoms with Gasteiger partial charge in [-0.15, -0.1) is 0 Å². The van der Waals surface area contributed by atoms with Crippen molar-refractivity contribution in [1.29, 1.82) is 0 Å². The molecule has 1 saturated heterocycles. The van der Waals surface area contributed by atoms with E-state index in [4.69, 9.17) is 12.2 Å². The SMILES string of the molecule is Cc1ccccc1NC(=S)NCCCN1CCCC1. The van der Waals surface area contributed by atoms with E-state index in [0.717, 1.165) is 23.8 Å². The minimum Gasteiger partial charge on any atom is -0.362 e. The van der Waals surface area contributed by atoms with Crippen LogP contribution in [0.2, 0.25) is 0 Å². The molecule has 2 rings (SSSR count). The summed E-state index contributed by atoms with van der Waals surface area (Å²) in [6, 6.07) is 8.18. The minimum absolute atomic E-state index is 0.718. The lowest BCUT2D eigenvalue weighted by Gasteiger charge is -2.16. The Morgan fingerprint density at radius 3 is 2.74 bits per heavy atom. The van der Waals surface area contributed by atoms with Crippen LogP contribution in [-0.2, 0) is 0 Å². The molecule has 4 heteroatoms. The summed E-state index contributed by atoms with van der Waals surface area (Å²) in [4.78, 5) is 2.53. The Balaban J connectivity index is 1.63. The summed E-state index contributed by atoms with van der Waals surface area (Å²) in [5.74, 6) is 0. The molecule has 0 amide bonds. The van der Waals surface area contributed by atoms with Crippen LogP contribution < -0.4 is 10.6 Å². The maximum absolute atomic E-state index is 5.31. The van der Waals surface area contributed by atoms with Crippen molar-refractivity contribution in [2.45, 2.75) is 26.2 Å². The van der Waals surface area contributed by atoms with E-state index in [1.54, 1.807) is 0 Å². The first-order valence-electron chi connectivity index (χ1n) is 7.08. The monoisotopic (exact) mass is 277 g/mol. The molecular formula is C15H23N3S. The molecule has 19 heavy (non-hydrogen) atoms. The zero-order valence-corrected chi connectivity index (χ0v) is 12.4. The van der Waals surface area contributed by atoms with E-state index in [0.29, 0.717) is 0 Å². The van der Waals surface area contributed by atoms with Gasteiger partial charge in [-0.1, -0.05) is 18.2 Å². The van der Waals surface area contributed by atoms with Crippen molar-refractivity contribution in [2.75, 3.05) is 31.5 Å². The van der Waals surface area contributed by atoms with E-state index in [2.05, 4.69) is 28.5 Å². The van der Waals surface area contributed by atoms with Gasteiger partial charge in [0.15, 0.2) is 5.11 Å². The highest BCUT2D eigenvalue weighted by molar-refractivity contribution is 7.80. The lowest BCUT2D eigenvalue weighted by Crippen LogP contribution is -2.31. The Bertz CT molecular complexity index is 414. The van der Waals surface area contributed by atoms with Gasteiger partial charge in [-0.25, -0.2) is 0 Å². The Morgan fingerprint density at radius 2 is 2.00 bits per heavy atom. The van der Waals surface area contributed by atoms with Gasteiger partial charge in [0.1, 0.15) is 0 Å². The molecule has 3 nitrogen and oxygen atoms in total. The van der Waals surface area contributed by atoms with Crippen LogP contribution in [0.5, 0.6) is 0 Å². The normalized spacial score (nSPS) is 15.4. The molecule has 0 radical (unpaired) electrons. The van der Waals surface area contributed by atoms with E-state index in [9.17, 15) is 0 Å². The third kappa shape index (κ3) is 4.80. The highest BCUT2D eigenvalue weighted by Gasteiger charge is 2.10. The molecule has 1 aromatic carbocycles. The summed E-state index contributed by atoms with van der Waals surface area (Å²) in [6.07, 6.45) is 3.87. The Kier molecular flexibility index (Phi) is 5.61. The summed E-state index contributed by atoms with van der Waals surface area (Å²) >= 11 is 5.31. The van der Waals surface area contributed by atoms with E-state index in [1.165, 1.54) is 38.0 Å². The first-order chi connectivity index (χ1) is 9.25. The minimum atomic E-state index is 0.718. The Hall–Kier alpha value is -1.13. The number of likely N-dealkylation sites (tertiary alicyclic amines) is 1. The van der Waals surface area contributed by atoms with Crippen LogP contribution in [0.15, 0.2) is 24.3 Å². The lowest BCUT2D eigenvalue weighted by molar-refractivity contribution is 0.334. The summed E-state index contributed by atoms with van der Waals surface area (Å²) in [7, 11) is 0. The van der Waals surface area contributed by atoms with Crippen LogP contribution in [0.1, 0.15) is 24.8 Å². The van der Waals surface area contributed by atoms with Crippen molar-refractivity contribution in [3.8, 4) is 0 Å². The molecule has 1 fully saturated rings. The molecule has 104 valence electrons. The average Bonchev–Trinajstić information content (AvgIpc) is 2.91. The van der Waals surface area contributed by atoms with Gasteiger partial charge < -0.3 is 15.5 Å². The van der Waals surface area contributed by atoms with E-state index in [1.807, 2.05) is 18.2 Å². The standard InChI is InChI=1S/C15H23N3S/c1-13-7-2-3-8-14(13)17-15(19)16-9-6-12-18-10-4-5-11-18/h2-3,7-8H,4-6,9-12H2,1H3,(H2,16,17,19). The van der Waals surface area contributed by atoms with E-state index < -0.39 is 0 Å². The number of nitrogens with zero attached hydrogens (tertiary/aromatic N) is 1. The fourth-order valence-corrected chi connectivity index (χ4v) is 2.60. The first kappa shape index (κ1) is 14.3. The van der Waals surface area contributed by atoms with Gasteiger partial charge >= 0.3 is 0 Å². The van der Waals surface area contributed by atoms with Crippen LogP contribution in [-0.4, -0.2) is 36.2 Å². The number of rotatable bonds is 5. The maximum Gasteiger partial charge on any atom is 0.170 e. The van der Waals surface area contributed by atoms with Crippen molar-refractivity contribution in [3.05, 3.63) is 29.8 Å². The Morgan fingerprint density at radius 1 is 1.26 bits per heavy atom. The predicted octanol–water partition coefficient (Wildman–Crippen LogP) is 2.77. The van der Waals surface area contributed by atoms with Gasteiger partial charge in [-0.2, -0.15) is 0 Å². The molecular weight excluding hydrogens is 254 g/mol. The molecule has 0 spiro atoms. The molecule has 1 aliphatic heterocycles. The van der Waals surface area contributed by atoms with E-state index >= 15 is 0 Å². The number of thiocarbonyl (C=S) groups is 1. The van der Waals surface area contributed by atoms with Gasteiger partial charge in [0.2, 0.25) is 0 Å². The smallest absolute Gasteiger partial charge is 0.170 e. The van der Waals surface area contributed by atoms with Crippen molar-refractivity contribution in [1.82, 2.24) is 10.2 Å². The summed E-state index contributed by atoms with van der Waals surface area (Å²) in [6.45, 7) is 6.74. The molecule has 1 heterocycles. The van der Waals surface area contributed by atoms with Crippen LogP contribution in [0.25, 0.3) is 0 Å². The molecule has 1 aliphatic rings. The van der Waals surface area contributed by atoms with Gasteiger partial charge in [0.25, 0.3) is 0 Å². The van der Waals surface area contributed by atoms with Crippen molar-refractivity contribution in [3.63, 3.8) is 0 Å². The molecule has 0 saturated carbocycles. The maximum atomic E-state index is 5.31. The summed E-state index contributed by atoms with van der Waals surface area (Å²) < 4.78 is 0. The van der Waals surface area contributed by atoms with Gasteiger partial charge in [-0.3, -0.25) is 0 Å². The molecule has 0 bridgehead atoms. The first-order valence-corrected chi connectivity index (χ1v) is 7.49. The highest BCUT2D eigenvalue weighted by atomic mass is 32.1. The summed E-state index contributed by atoms with van der Waals surface area (Å²) in [5.41, 5.74) is 2.29. The topological polar surface area (TPSA) is 27.3 Å². The zero-order chi connectivity index (χ0) is 13.5. The van der Waals surface area contributed by atoms with Crippen molar-refractivity contribution < 1.29 is 0 Å². The fourth-order valence-electron chi connectivity index (χ4n) is 2.39. The second kappa shape index (κ2) is 7.46. The van der Waals surface area contributed by atoms with Gasteiger partial charge in [0.05, 0.1) is 0 Å². The van der Waals surface area contributed by atoms with Crippen LogP contribution in [0, 0.1) is 6.92 Å². The molecule has 1 aromatic rings. The number of hydrogen-bond donors (Lipinski definition) is 2. The number of benzene rings is 1. The summed E-state index contributed by atoms with van der Waals surface area (Å²) in [5, 5.41) is 7.24. The van der Waals surface area contributed by atoms with Crippen LogP contribution >= 0.6 is 12.2 Å². The number of nitrogens with one attached hydrogen (secondary N) is 2. The molecule has 0 unspecified atom stereocenters. The average molecular weight is 277 g/mol. The zero-order valence-electron chi connectivity index (χ0n) is 11.6. The molecule has 0 aromatic heterocycles. The third-order valence-electron chi connectivity index (χ3n) is 3.53.